The topological polar surface area (TPSA) is 47.9 Å². The number of amidine groups is 1. The molecule has 0 aromatic rings. The number of thiol groups is 1. The Hall–Kier alpha value is -1.17. The predicted octanol–water partition coefficient (Wildman–Crippen LogP) is -0.0431. The van der Waals surface area contributed by atoms with Gasteiger partial charge < -0.3 is 0 Å². The Morgan fingerprint density at radius 1 is 1.75 bits per heavy atom. The van der Waals surface area contributed by atoms with E-state index in [1.807, 2.05) is 0 Å². The molecule has 66 valence electrons. The first-order chi connectivity index (χ1) is 5.61. The van der Waals surface area contributed by atoms with E-state index < -0.39 is 0 Å². The lowest BCUT2D eigenvalue weighted by atomic mass is 10.4. The minimum atomic E-state index is -0.0159. The quantitative estimate of drug-likeness (QED) is 0.469. The van der Waals surface area contributed by atoms with Crippen LogP contribution in [-0.4, -0.2) is 28.1 Å². The molecule has 0 aromatic heterocycles. The molecule has 0 fully saturated rings. The molecule has 12 heavy (non-hydrogen) atoms. The molecule has 0 amide bonds. The lowest BCUT2D eigenvalue weighted by Crippen LogP contribution is -2.37. The first kappa shape index (κ1) is 8.92. The van der Waals surface area contributed by atoms with E-state index in [0.29, 0.717) is 5.17 Å². The molecular formula is C6H10N4OS. The van der Waals surface area contributed by atoms with E-state index >= 15 is 0 Å². The van der Waals surface area contributed by atoms with Crippen molar-refractivity contribution in [2.75, 3.05) is 7.05 Å². The zero-order chi connectivity index (χ0) is 9.14. The third-order valence-electron chi connectivity index (χ3n) is 1.32. The van der Waals surface area contributed by atoms with E-state index in [4.69, 9.17) is 0 Å². The van der Waals surface area contributed by atoms with Gasteiger partial charge in [0.05, 0.1) is 6.20 Å². The lowest BCUT2D eigenvalue weighted by Gasteiger charge is -2.21. The average molecular weight is 186 g/mol. The minimum absolute atomic E-state index is 0.0159. The Bertz CT molecular complexity index is 250. The Labute approximate surface area is 76.1 Å². The van der Waals surface area contributed by atoms with Gasteiger partial charge in [-0.1, -0.05) is 0 Å². The van der Waals surface area contributed by atoms with E-state index in [9.17, 15) is 4.79 Å². The van der Waals surface area contributed by atoms with Crippen LogP contribution in [0.2, 0.25) is 0 Å². The predicted molar refractivity (Wildman–Crippen MR) is 49.0 cm³/mol. The summed E-state index contributed by atoms with van der Waals surface area (Å²) in [6, 6.07) is 0. The van der Waals surface area contributed by atoms with Gasteiger partial charge in [0.1, 0.15) is 0 Å². The summed E-state index contributed by atoms with van der Waals surface area (Å²) in [5.74, 6) is -0.0159. The fourth-order valence-electron chi connectivity index (χ4n) is 0.641. The largest absolute Gasteiger partial charge is 0.295 e. The van der Waals surface area contributed by atoms with Crippen molar-refractivity contribution in [3.8, 4) is 0 Å². The average Bonchev–Trinajstić information content (AvgIpc) is 2.30. The molecule has 0 aliphatic carbocycles. The maximum absolute atomic E-state index is 10.6. The van der Waals surface area contributed by atoms with Crippen LogP contribution in [0, 0.1) is 0 Å². The molecule has 1 N–H and O–H groups in total. The first-order valence-corrected chi connectivity index (χ1v) is 3.80. The second kappa shape index (κ2) is 3.48. The number of hydrogen-bond acceptors (Lipinski definition) is 5. The van der Waals surface area contributed by atoms with Crippen molar-refractivity contribution >= 4 is 23.6 Å². The van der Waals surface area contributed by atoms with Gasteiger partial charge in [-0.25, -0.2) is 5.01 Å². The second-order valence-electron chi connectivity index (χ2n) is 2.31. The van der Waals surface area contributed by atoms with Crippen molar-refractivity contribution < 1.29 is 4.79 Å². The molecule has 0 unspecified atom stereocenters. The minimum Gasteiger partial charge on any atom is -0.295 e. The van der Waals surface area contributed by atoms with E-state index in [0.717, 1.165) is 0 Å². The SMILES string of the molecule is CC(=O)C=CN1NN=C(S)N1C. The molecule has 0 aromatic carbocycles. The Kier molecular flexibility index (Phi) is 2.59. The van der Waals surface area contributed by atoms with Crippen LogP contribution in [0.15, 0.2) is 17.4 Å². The molecule has 1 aliphatic rings. The summed E-state index contributed by atoms with van der Waals surface area (Å²) in [6.45, 7) is 1.48. The summed E-state index contributed by atoms with van der Waals surface area (Å²) in [5, 5.41) is 7.54. The summed E-state index contributed by atoms with van der Waals surface area (Å²) in [6.07, 6.45) is 3.01. The first-order valence-electron chi connectivity index (χ1n) is 3.35. The molecule has 1 aliphatic heterocycles. The van der Waals surface area contributed by atoms with E-state index in [1.165, 1.54) is 13.0 Å². The van der Waals surface area contributed by atoms with Gasteiger partial charge in [0.15, 0.2) is 5.78 Å². The molecule has 0 saturated carbocycles. The van der Waals surface area contributed by atoms with Gasteiger partial charge in [-0.2, -0.15) is 10.7 Å². The monoisotopic (exact) mass is 186 g/mol. The molecule has 0 bridgehead atoms. The number of carbonyl (C=O) groups is 1. The molecule has 0 radical (unpaired) electrons. The van der Waals surface area contributed by atoms with Crippen molar-refractivity contribution in [2.24, 2.45) is 5.10 Å². The molecule has 0 atom stereocenters. The normalized spacial score (nSPS) is 16.8. The summed E-state index contributed by atoms with van der Waals surface area (Å²) < 4.78 is 0. The molecular weight excluding hydrogens is 176 g/mol. The Morgan fingerprint density at radius 3 is 2.83 bits per heavy atom. The summed E-state index contributed by atoms with van der Waals surface area (Å²) in [7, 11) is 1.77. The molecule has 1 rings (SSSR count). The number of ketones is 1. The van der Waals surface area contributed by atoms with Crippen LogP contribution in [0.3, 0.4) is 0 Å². The van der Waals surface area contributed by atoms with Crippen molar-refractivity contribution in [1.82, 2.24) is 15.7 Å². The maximum atomic E-state index is 10.6. The van der Waals surface area contributed by atoms with Crippen LogP contribution in [0.4, 0.5) is 0 Å². The van der Waals surface area contributed by atoms with E-state index in [2.05, 4.69) is 23.3 Å². The standard InChI is InChI=1S/C6H10N4OS/c1-5(11)3-4-10-8-7-6(12)9(10)2/h3-4,8H,1-2H3,(H,7,12). The van der Waals surface area contributed by atoms with Gasteiger partial charge in [0.25, 0.3) is 0 Å². The maximum Gasteiger partial charge on any atom is 0.201 e. The van der Waals surface area contributed by atoms with Crippen molar-refractivity contribution in [3.05, 3.63) is 12.3 Å². The zero-order valence-corrected chi connectivity index (χ0v) is 7.75. The van der Waals surface area contributed by atoms with Crippen molar-refractivity contribution in [1.29, 1.82) is 0 Å². The third kappa shape index (κ3) is 1.91. The lowest BCUT2D eigenvalue weighted by molar-refractivity contribution is -0.112. The van der Waals surface area contributed by atoms with Crippen LogP contribution >= 0.6 is 12.6 Å². The highest BCUT2D eigenvalue weighted by Gasteiger charge is 2.14. The number of carbonyl (C=O) groups excluding carboxylic acids is 1. The number of nitrogens with zero attached hydrogens (tertiary/aromatic N) is 3. The van der Waals surface area contributed by atoms with E-state index in [-0.39, 0.29) is 5.78 Å². The van der Waals surface area contributed by atoms with Crippen molar-refractivity contribution in [2.45, 2.75) is 6.92 Å². The summed E-state index contributed by atoms with van der Waals surface area (Å²) in [4.78, 5) is 10.6. The molecule has 1 heterocycles. The van der Waals surface area contributed by atoms with Crippen LogP contribution in [0.1, 0.15) is 6.92 Å². The van der Waals surface area contributed by atoms with Crippen LogP contribution in [0.25, 0.3) is 0 Å². The number of hydrazine groups is 2. The van der Waals surface area contributed by atoms with Gasteiger partial charge in [-0.3, -0.25) is 4.79 Å². The van der Waals surface area contributed by atoms with Gasteiger partial charge in [-0.05, 0) is 6.92 Å². The smallest absolute Gasteiger partial charge is 0.201 e. The number of hydrogen-bond donors (Lipinski definition) is 2. The fraction of sp³-hybridized carbons (Fsp3) is 0.333. The summed E-state index contributed by atoms with van der Waals surface area (Å²) >= 11 is 4.04. The summed E-state index contributed by atoms with van der Waals surface area (Å²) in [5.41, 5.74) is 2.64. The van der Waals surface area contributed by atoms with Gasteiger partial charge in [0.2, 0.25) is 5.17 Å². The fourth-order valence-corrected chi connectivity index (χ4v) is 0.782. The Balaban J connectivity index is 2.53. The number of allylic oxidation sites excluding steroid dienone is 1. The number of nitrogens with one attached hydrogen (secondary N) is 1. The molecule has 5 nitrogen and oxygen atoms in total. The highest BCUT2D eigenvalue weighted by molar-refractivity contribution is 7.96. The highest BCUT2D eigenvalue weighted by Crippen LogP contribution is 2.03. The Morgan fingerprint density at radius 2 is 2.42 bits per heavy atom. The molecule has 0 saturated heterocycles. The number of hydrazone groups is 1. The van der Waals surface area contributed by atoms with Crippen molar-refractivity contribution in [3.63, 3.8) is 0 Å². The third-order valence-corrected chi connectivity index (χ3v) is 1.70. The zero-order valence-electron chi connectivity index (χ0n) is 6.85. The van der Waals surface area contributed by atoms with Crippen LogP contribution in [-0.2, 0) is 4.79 Å². The molecule has 0 spiro atoms. The number of rotatable bonds is 2. The van der Waals surface area contributed by atoms with Gasteiger partial charge >= 0.3 is 0 Å². The van der Waals surface area contributed by atoms with Gasteiger partial charge in [-0.15, -0.1) is 17.7 Å². The van der Waals surface area contributed by atoms with Crippen LogP contribution < -0.4 is 5.53 Å². The van der Waals surface area contributed by atoms with Gasteiger partial charge in [0, 0.05) is 13.1 Å². The van der Waals surface area contributed by atoms with Crippen LogP contribution in [0.5, 0.6) is 0 Å². The van der Waals surface area contributed by atoms with E-state index in [1.54, 1.807) is 23.4 Å². The highest BCUT2D eigenvalue weighted by atomic mass is 32.1. The second-order valence-corrected chi connectivity index (χ2v) is 2.71. The molecule has 6 heteroatoms.